The third-order valence-electron chi connectivity index (χ3n) is 3.26. The Morgan fingerprint density at radius 3 is 2.57 bits per heavy atom. The van der Waals surface area contributed by atoms with Gasteiger partial charge in [-0.25, -0.2) is 4.68 Å². The van der Waals surface area contributed by atoms with Gasteiger partial charge in [-0.1, -0.05) is 37.3 Å². The van der Waals surface area contributed by atoms with E-state index in [9.17, 15) is 14.4 Å². The van der Waals surface area contributed by atoms with Gasteiger partial charge < -0.3 is 10.4 Å². The molecule has 1 heterocycles. The number of nitrogens with one attached hydrogen (secondary N) is 1. The molecule has 1 aromatic carbocycles. The highest BCUT2D eigenvalue weighted by molar-refractivity contribution is 5.77. The van der Waals surface area contributed by atoms with E-state index in [1.54, 1.807) is 6.07 Å². The van der Waals surface area contributed by atoms with Gasteiger partial charge in [0.25, 0.3) is 5.56 Å². The summed E-state index contributed by atoms with van der Waals surface area (Å²) < 4.78 is 1.06. The first-order valence-corrected chi connectivity index (χ1v) is 7.10. The van der Waals surface area contributed by atoms with Crippen LogP contribution in [0, 0.1) is 5.92 Å². The molecule has 0 aliphatic rings. The molecular weight excluding hydrogens is 298 g/mol. The van der Waals surface area contributed by atoms with Gasteiger partial charge in [-0.05, 0) is 6.07 Å². The molecule has 2 rings (SSSR count). The van der Waals surface area contributed by atoms with Crippen molar-refractivity contribution in [3.63, 3.8) is 0 Å². The van der Waals surface area contributed by atoms with E-state index < -0.39 is 23.4 Å². The number of benzene rings is 1. The Bertz CT molecular complexity index is 755. The van der Waals surface area contributed by atoms with Crippen molar-refractivity contribution in [2.24, 2.45) is 5.92 Å². The lowest BCUT2D eigenvalue weighted by Gasteiger charge is -2.10. The second-order valence-corrected chi connectivity index (χ2v) is 5.12. The van der Waals surface area contributed by atoms with E-state index in [-0.39, 0.29) is 13.1 Å². The number of aliphatic carboxylic acids is 1. The summed E-state index contributed by atoms with van der Waals surface area (Å²) in [5.74, 6) is -2.15. The summed E-state index contributed by atoms with van der Waals surface area (Å²) >= 11 is 0. The van der Waals surface area contributed by atoms with Crippen molar-refractivity contribution in [1.29, 1.82) is 0 Å². The Balaban J connectivity index is 2.09. The van der Waals surface area contributed by atoms with Crippen molar-refractivity contribution in [2.75, 3.05) is 6.54 Å². The van der Waals surface area contributed by atoms with Crippen LogP contribution < -0.4 is 10.9 Å². The fourth-order valence-corrected chi connectivity index (χ4v) is 1.87. The maximum Gasteiger partial charge on any atom is 0.308 e. The number of aromatic nitrogens is 2. The maximum absolute atomic E-state index is 11.8. The number of hydrogen-bond donors (Lipinski definition) is 2. The van der Waals surface area contributed by atoms with Crippen LogP contribution >= 0.6 is 0 Å². The zero-order valence-corrected chi connectivity index (χ0v) is 12.6. The lowest BCUT2D eigenvalue weighted by Crippen LogP contribution is -2.36. The first kappa shape index (κ1) is 16.4. The number of carboxylic acids is 1. The van der Waals surface area contributed by atoms with Gasteiger partial charge in [0.05, 0.1) is 11.6 Å². The summed E-state index contributed by atoms with van der Waals surface area (Å²) in [6.07, 6.45) is 0. The summed E-state index contributed by atoms with van der Waals surface area (Å²) in [4.78, 5) is 34.4. The van der Waals surface area contributed by atoms with Gasteiger partial charge in [0, 0.05) is 18.2 Å². The number of carboxylic acid groups (broad SMARTS) is 1. The first-order valence-electron chi connectivity index (χ1n) is 7.10. The fraction of sp³-hybridized carbons (Fsp3) is 0.250. The highest BCUT2D eigenvalue weighted by atomic mass is 16.4. The number of carbonyl (C=O) groups excluding carboxylic acids is 1. The van der Waals surface area contributed by atoms with Crippen molar-refractivity contribution in [3.05, 3.63) is 52.8 Å². The molecule has 0 fully saturated rings. The second kappa shape index (κ2) is 7.35. The van der Waals surface area contributed by atoms with Crippen LogP contribution in [0.15, 0.2) is 47.3 Å². The summed E-state index contributed by atoms with van der Waals surface area (Å²) in [7, 11) is 0. The summed E-state index contributed by atoms with van der Waals surface area (Å²) in [5, 5.41) is 15.4. The Labute approximate surface area is 132 Å². The lowest BCUT2D eigenvalue weighted by atomic mass is 10.1. The molecule has 1 atom stereocenters. The zero-order chi connectivity index (χ0) is 16.8. The molecule has 120 valence electrons. The molecule has 0 saturated heterocycles. The molecule has 2 N–H and O–H groups in total. The van der Waals surface area contributed by atoms with E-state index in [1.165, 1.54) is 13.0 Å². The molecule has 1 unspecified atom stereocenters. The highest BCUT2D eigenvalue weighted by Crippen LogP contribution is 2.13. The van der Waals surface area contributed by atoms with E-state index >= 15 is 0 Å². The van der Waals surface area contributed by atoms with Crippen LogP contribution in [0.3, 0.4) is 0 Å². The SMILES string of the molecule is CC(CNC(=O)Cn1nc(-c2ccccc2)ccc1=O)C(=O)O. The van der Waals surface area contributed by atoms with Gasteiger partial charge in [-0.2, -0.15) is 5.10 Å². The van der Waals surface area contributed by atoms with Crippen molar-refractivity contribution in [3.8, 4) is 11.3 Å². The minimum absolute atomic E-state index is 0.00128. The van der Waals surface area contributed by atoms with E-state index in [0.29, 0.717) is 5.69 Å². The number of rotatable bonds is 6. The molecule has 0 aliphatic heterocycles. The van der Waals surface area contributed by atoms with Gasteiger partial charge in [0.2, 0.25) is 5.91 Å². The molecule has 0 bridgehead atoms. The van der Waals surface area contributed by atoms with Crippen LogP contribution in [0.4, 0.5) is 0 Å². The average Bonchev–Trinajstić information content (AvgIpc) is 2.55. The molecule has 23 heavy (non-hydrogen) atoms. The number of carbonyl (C=O) groups is 2. The van der Waals surface area contributed by atoms with Gasteiger partial charge in [0.15, 0.2) is 0 Å². The van der Waals surface area contributed by atoms with Crippen molar-refractivity contribution >= 4 is 11.9 Å². The molecule has 0 saturated carbocycles. The standard InChI is InChI=1S/C16H17N3O4/c1-11(16(22)23)9-17-14(20)10-19-15(21)8-7-13(18-19)12-5-3-2-4-6-12/h2-8,11H,9-10H2,1H3,(H,17,20)(H,22,23). The zero-order valence-electron chi connectivity index (χ0n) is 12.6. The summed E-state index contributed by atoms with van der Waals surface area (Å²) in [5.41, 5.74) is 1.02. The second-order valence-electron chi connectivity index (χ2n) is 5.12. The van der Waals surface area contributed by atoms with Crippen LogP contribution in [-0.4, -0.2) is 33.3 Å². The number of amides is 1. The summed E-state index contributed by atoms with van der Waals surface area (Å²) in [6, 6.07) is 12.2. The Hall–Kier alpha value is -2.96. The van der Waals surface area contributed by atoms with E-state index in [2.05, 4.69) is 10.4 Å². The molecule has 1 aromatic heterocycles. The normalized spacial score (nSPS) is 11.7. The molecule has 7 heteroatoms. The van der Waals surface area contributed by atoms with Crippen LogP contribution in [0.1, 0.15) is 6.92 Å². The Morgan fingerprint density at radius 1 is 1.22 bits per heavy atom. The molecule has 7 nitrogen and oxygen atoms in total. The first-order chi connectivity index (χ1) is 11.0. The van der Waals surface area contributed by atoms with Crippen LogP contribution in [0.2, 0.25) is 0 Å². The van der Waals surface area contributed by atoms with E-state index in [4.69, 9.17) is 5.11 Å². The van der Waals surface area contributed by atoms with Gasteiger partial charge >= 0.3 is 5.97 Å². The number of nitrogens with zero attached hydrogens (tertiary/aromatic N) is 2. The van der Waals surface area contributed by atoms with Crippen molar-refractivity contribution in [1.82, 2.24) is 15.1 Å². The molecule has 1 amide bonds. The van der Waals surface area contributed by atoms with Crippen LogP contribution in [0.5, 0.6) is 0 Å². The van der Waals surface area contributed by atoms with Crippen molar-refractivity contribution in [2.45, 2.75) is 13.5 Å². The van der Waals surface area contributed by atoms with E-state index in [1.807, 2.05) is 30.3 Å². The molecule has 2 aromatic rings. The molecule has 0 aliphatic carbocycles. The fourth-order valence-electron chi connectivity index (χ4n) is 1.87. The lowest BCUT2D eigenvalue weighted by molar-refractivity contribution is -0.141. The predicted molar refractivity (Wildman–Crippen MR) is 83.7 cm³/mol. The quantitative estimate of drug-likeness (QED) is 0.819. The monoisotopic (exact) mass is 315 g/mol. The topological polar surface area (TPSA) is 101 Å². The molecule has 0 radical (unpaired) electrons. The average molecular weight is 315 g/mol. The molecular formula is C16H17N3O4. The number of hydrogen-bond acceptors (Lipinski definition) is 4. The predicted octanol–water partition coefficient (Wildman–Crippen LogP) is 0.747. The highest BCUT2D eigenvalue weighted by Gasteiger charge is 2.13. The third kappa shape index (κ3) is 4.50. The Kier molecular flexibility index (Phi) is 5.24. The maximum atomic E-state index is 11.8. The largest absolute Gasteiger partial charge is 0.481 e. The van der Waals surface area contributed by atoms with Gasteiger partial charge in [0.1, 0.15) is 6.54 Å². The summed E-state index contributed by atoms with van der Waals surface area (Å²) in [6.45, 7) is 1.23. The Morgan fingerprint density at radius 2 is 1.91 bits per heavy atom. The minimum Gasteiger partial charge on any atom is -0.481 e. The van der Waals surface area contributed by atoms with Crippen LogP contribution in [-0.2, 0) is 16.1 Å². The van der Waals surface area contributed by atoms with Crippen LogP contribution in [0.25, 0.3) is 11.3 Å². The van der Waals surface area contributed by atoms with Gasteiger partial charge in [-0.3, -0.25) is 14.4 Å². The molecule has 0 spiro atoms. The van der Waals surface area contributed by atoms with E-state index in [0.717, 1.165) is 10.2 Å². The van der Waals surface area contributed by atoms with Crippen molar-refractivity contribution < 1.29 is 14.7 Å². The minimum atomic E-state index is -0.994. The smallest absolute Gasteiger partial charge is 0.308 e. The van der Waals surface area contributed by atoms with Gasteiger partial charge in [-0.15, -0.1) is 0 Å². The third-order valence-corrected chi connectivity index (χ3v) is 3.26.